The highest BCUT2D eigenvalue weighted by Crippen LogP contribution is 2.27. The molecule has 6 heteroatoms. The van der Waals surface area contributed by atoms with Crippen LogP contribution >= 0.6 is 11.3 Å². The van der Waals surface area contributed by atoms with Gasteiger partial charge in [0.25, 0.3) is 5.91 Å². The van der Waals surface area contributed by atoms with Crippen LogP contribution in [0.15, 0.2) is 30.3 Å². The van der Waals surface area contributed by atoms with Gasteiger partial charge in [0.15, 0.2) is 5.13 Å². The van der Waals surface area contributed by atoms with Gasteiger partial charge in [0.2, 0.25) is 0 Å². The lowest BCUT2D eigenvalue weighted by atomic mass is 10.2. The molecule has 0 saturated carbocycles. The third-order valence-corrected chi connectivity index (χ3v) is 4.06. The number of carbonyl (C=O) groups is 1. The average Bonchev–Trinajstić information content (AvgIpc) is 2.81. The third-order valence-electron chi connectivity index (χ3n) is 2.83. The van der Waals surface area contributed by atoms with Gasteiger partial charge in [-0.1, -0.05) is 41.7 Å². The maximum atomic E-state index is 12.4. The Morgan fingerprint density at radius 1 is 1.25 bits per heavy atom. The Morgan fingerprint density at radius 3 is 2.45 bits per heavy atom. The summed E-state index contributed by atoms with van der Waals surface area (Å²) in [6.07, 6.45) is 0. The molecule has 1 aromatic heterocycles. The van der Waals surface area contributed by atoms with Gasteiger partial charge in [-0.2, -0.15) is 0 Å². The summed E-state index contributed by atoms with van der Waals surface area (Å²) in [6, 6.07) is 9.85. The number of hydrogen-bond donors (Lipinski definition) is 1. The van der Waals surface area contributed by atoms with E-state index >= 15 is 0 Å². The molecule has 0 aliphatic carbocycles. The van der Waals surface area contributed by atoms with Crippen molar-refractivity contribution in [2.75, 3.05) is 31.8 Å². The molecule has 0 unspecified atom stereocenters. The van der Waals surface area contributed by atoms with Crippen LogP contribution in [0.1, 0.15) is 15.2 Å². The molecular weight excluding hydrogens is 272 g/mol. The van der Waals surface area contributed by atoms with E-state index in [1.54, 1.807) is 11.9 Å². The van der Waals surface area contributed by atoms with Gasteiger partial charge in [0, 0.05) is 27.7 Å². The summed E-state index contributed by atoms with van der Waals surface area (Å²) in [4.78, 5) is 20.6. The summed E-state index contributed by atoms with van der Waals surface area (Å²) in [6.45, 7) is 0.550. The second kappa shape index (κ2) is 5.92. The number of amides is 1. The molecule has 106 valence electrons. The molecule has 0 radical (unpaired) electrons. The van der Waals surface area contributed by atoms with Crippen molar-refractivity contribution in [1.29, 1.82) is 0 Å². The number of carbonyl (C=O) groups excluding carboxylic acids is 1. The lowest BCUT2D eigenvalue weighted by Gasteiger charge is -2.16. The molecule has 1 heterocycles. The summed E-state index contributed by atoms with van der Waals surface area (Å²) in [5.41, 5.74) is 6.92. The number of anilines is 2. The minimum absolute atomic E-state index is 0.100. The number of nitrogens with zero attached hydrogens (tertiary/aromatic N) is 3. The predicted molar refractivity (Wildman–Crippen MR) is 83.1 cm³/mol. The first-order valence-electron chi connectivity index (χ1n) is 6.22. The zero-order valence-electron chi connectivity index (χ0n) is 11.8. The first-order chi connectivity index (χ1) is 9.49. The normalized spacial score (nSPS) is 10.3. The number of hydrogen-bond acceptors (Lipinski definition) is 5. The number of nitrogen functional groups attached to an aromatic ring is 1. The van der Waals surface area contributed by atoms with E-state index in [4.69, 9.17) is 5.73 Å². The van der Waals surface area contributed by atoms with E-state index in [0.717, 1.165) is 10.7 Å². The average molecular weight is 290 g/mol. The summed E-state index contributed by atoms with van der Waals surface area (Å²) in [5.74, 6) is 0.195. The predicted octanol–water partition coefficient (Wildman–Crippen LogP) is 2.06. The van der Waals surface area contributed by atoms with Crippen LogP contribution in [0.2, 0.25) is 0 Å². The summed E-state index contributed by atoms with van der Waals surface area (Å²) >= 11 is 1.31. The van der Waals surface area contributed by atoms with E-state index in [2.05, 4.69) is 4.98 Å². The SMILES string of the molecule is CN(Cc1ccccc1)C(=O)c1sc(N(C)C)nc1N. The Kier molecular flexibility index (Phi) is 4.24. The highest BCUT2D eigenvalue weighted by molar-refractivity contribution is 7.18. The highest BCUT2D eigenvalue weighted by Gasteiger charge is 2.20. The molecule has 0 aliphatic rings. The topological polar surface area (TPSA) is 62.5 Å². The Labute approximate surface area is 122 Å². The van der Waals surface area contributed by atoms with Gasteiger partial charge in [0.05, 0.1) is 0 Å². The third kappa shape index (κ3) is 3.08. The van der Waals surface area contributed by atoms with Gasteiger partial charge < -0.3 is 15.5 Å². The Hall–Kier alpha value is -2.08. The number of thiazole rings is 1. The fourth-order valence-corrected chi connectivity index (χ4v) is 2.67. The molecule has 0 spiro atoms. The van der Waals surface area contributed by atoms with Crippen LogP contribution in [0.5, 0.6) is 0 Å². The van der Waals surface area contributed by atoms with Crippen molar-refractivity contribution in [1.82, 2.24) is 9.88 Å². The zero-order chi connectivity index (χ0) is 14.7. The van der Waals surface area contributed by atoms with Crippen LogP contribution < -0.4 is 10.6 Å². The Bertz CT molecular complexity index is 594. The molecule has 0 bridgehead atoms. The van der Waals surface area contributed by atoms with Crippen LogP contribution in [-0.4, -0.2) is 36.9 Å². The van der Waals surface area contributed by atoms with E-state index in [9.17, 15) is 4.79 Å². The minimum Gasteiger partial charge on any atom is -0.382 e. The van der Waals surface area contributed by atoms with Crippen LogP contribution in [0.4, 0.5) is 10.9 Å². The van der Waals surface area contributed by atoms with E-state index < -0.39 is 0 Å². The first kappa shape index (κ1) is 14.3. The van der Waals surface area contributed by atoms with E-state index in [0.29, 0.717) is 17.2 Å². The fourth-order valence-electron chi connectivity index (χ4n) is 1.77. The second-order valence-electron chi connectivity index (χ2n) is 4.75. The van der Waals surface area contributed by atoms with Gasteiger partial charge in [-0.3, -0.25) is 4.79 Å². The van der Waals surface area contributed by atoms with Crippen LogP contribution in [0.3, 0.4) is 0 Å². The second-order valence-corrected chi connectivity index (χ2v) is 5.73. The van der Waals surface area contributed by atoms with Crippen molar-refractivity contribution >= 4 is 28.2 Å². The first-order valence-corrected chi connectivity index (χ1v) is 7.03. The quantitative estimate of drug-likeness (QED) is 0.936. The van der Waals surface area contributed by atoms with Gasteiger partial charge in [0.1, 0.15) is 10.7 Å². The standard InChI is InChI=1S/C14H18N4OS/c1-17(2)14-16-12(15)11(20-14)13(19)18(3)9-10-7-5-4-6-8-10/h4-8H,9,15H2,1-3H3. The van der Waals surface area contributed by atoms with Gasteiger partial charge >= 0.3 is 0 Å². The van der Waals surface area contributed by atoms with Crippen LogP contribution in [0.25, 0.3) is 0 Å². The van der Waals surface area contributed by atoms with Crippen molar-refractivity contribution in [2.45, 2.75) is 6.54 Å². The zero-order valence-corrected chi connectivity index (χ0v) is 12.6. The largest absolute Gasteiger partial charge is 0.382 e. The molecule has 1 aromatic carbocycles. The summed E-state index contributed by atoms with van der Waals surface area (Å²) in [5, 5.41) is 0.735. The molecule has 20 heavy (non-hydrogen) atoms. The van der Waals surface area contributed by atoms with E-state index in [-0.39, 0.29) is 5.91 Å². The molecule has 1 amide bonds. The number of aromatic nitrogens is 1. The molecule has 2 rings (SSSR count). The monoisotopic (exact) mass is 290 g/mol. The van der Waals surface area contributed by atoms with Gasteiger partial charge in [-0.05, 0) is 5.56 Å². The molecular formula is C14H18N4OS. The molecule has 0 fully saturated rings. The smallest absolute Gasteiger partial charge is 0.267 e. The number of benzene rings is 1. The van der Waals surface area contributed by atoms with Crippen LogP contribution in [-0.2, 0) is 6.54 Å². The lowest BCUT2D eigenvalue weighted by molar-refractivity contribution is 0.0790. The van der Waals surface area contributed by atoms with Crippen molar-refractivity contribution in [3.63, 3.8) is 0 Å². The maximum absolute atomic E-state index is 12.4. The van der Waals surface area contributed by atoms with Gasteiger partial charge in [-0.25, -0.2) is 4.98 Å². The maximum Gasteiger partial charge on any atom is 0.267 e. The molecule has 0 aliphatic heterocycles. The highest BCUT2D eigenvalue weighted by atomic mass is 32.1. The fraction of sp³-hybridized carbons (Fsp3) is 0.286. The number of rotatable bonds is 4. The Morgan fingerprint density at radius 2 is 1.90 bits per heavy atom. The molecule has 2 aromatic rings. The lowest BCUT2D eigenvalue weighted by Crippen LogP contribution is -2.26. The van der Waals surface area contributed by atoms with E-state index in [1.165, 1.54) is 11.3 Å². The molecule has 5 nitrogen and oxygen atoms in total. The molecule has 2 N–H and O–H groups in total. The van der Waals surface area contributed by atoms with Crippen molar-refractivity contribution in [2.24, 2.45) is 0 Å². The minimum atomic E-state index is -0.100. The Balaban J connectivity index is 2.14. The van der Waals surface area contributed by atoms with Crippen LogP contribution in [0, 0.1) is 0 Å². The molecule has 0 atom stereocenters. The number of nitrogens with two attached hydrogens (primary N) is 1. The van der Waals surface area contributed by atoms with Crippen molar-refractivity contribution in [3.05, 3.63) is 40.8 Å². The van der Waals surface area contributed by atoms with Crippen molar-refractivity contribution in [3.8, 4) is 0 Å². The van der Waals surface area contributed by atoms with Crippen molar-refractivity contribution < 1.29 is 4.79 Å². The summed E-state index contributed by atoms with van der Waals surface area (Å²) in [7, 11) is 5.52. The molecule has 0 saturated heterocycles. The summed E-state index contributed by atoms with van der Waals surface area (Å²) < 4.78 is 0. The van der Waals surface area contributed by atoms with E-state index in [1.807, 2.05) is 49.3 Å². The van der Waals surface area contributed by atoms with Gasteiger partial charge in [-0.15, -0.1) is 0 Å².